The predicted octanol–water partition coefficient (Wildman–Crippen LogP) is 5.81. The number of imidazole rings is 1. The van der Waals surface area contributed by atoms with Gasteiger partial charge in [-0.2, -0.15) is 0 Å². The molecule has 0 amide bonds. The van der Waals surface area contributed by atoms with Crippen molar-refractivity contribution in [2.24, 2.45) is 0 Å². The summed E-state index contributed by atoms with van der Waals surface area (Å²) >= 11 is 1.92. The fraction of sp³-hybridized carbons (Fsp3) is 0.0952. The Bertz CT molecular complexity index is 1300. The van der Waals surface area contributed by atoms with E-state index in [1.165, 1.54) is 42.2 Å². The van der Waals surface area contributed by atoms with Crippen LogP contribution in [0.25, 0.3) is 43.5 Å². The monoisotopic (exact) mass is 326 g/mol. The van der Waals surface area contributed by atoms with Gasteiger partial charge >= 0.3 is 0 Å². The zero-order chi connectivity index (χ0) is 15.7. The molecule has 0 saturated heterocycles. The summed E-state index contributed by atoms with van der Waals surface area (Å²) in [6.07, 6.45) is 10.9. The van der Waals surface area contributed by atoms with Crippen molar-refractivity contribution in [1.29, 1.82) is 0 Å². The lowest BCUT2D eigenvalue weighted by Crippen LogP contribution is -1.91. The van der Waals surface area contributed by atoms with Crippen molar-refractivity contribution in [3.05, 3.63) is 65.3 Å². The van der Waals surface area contributed by atoms with Crippen LogP contribution in [0, 0.1) is 0 Å². The van der Waals surface area contributed by atoms with Crippen LogP contribution in [0.3, 0.4) is 0 Å². The highest BCUT2D eigenvalue weighted by atomic mass is 32.1. The first-order chi connectivity index (χ1) is 11.9. The molecule has 1 aliphatic carbocycles. The quantitative estimate of drug-likeness (QED) is 0.328. The zero-order valence-electron chi connectivity index (χ0n) is 13.0. The molecule has 6 rings (SSSR count). The summed E-state index contributed by atoms with van der Waals surface area (Å²) in [5, 5.41) is 5.30. The Morgan fingerprint density at radius 2 is 1.92 bits per heavy atom. The van der Waals surface area contributed by atoms with Crippen LogP contribution in [0.1, 0.15) is 16.9 Å². The molecule has 0 radical (unpaired) electrons. The van der Waals surface area contributed by atoms with Crippen LogP contribution in [0.2, 0.25) is 0 Å². The van der Waals surface area contributed by atoms with E-state index < -0.39 is 0 Å². The standard InChI is InChI=1S/C21H14N2S/c1-3-7-17-13(5-1)15-9-10-16-14-6-2-4-8-18(14)24-20(16)19(15)21-22-11-12-23(17)21/h1,3-5,7-12H,2,6H2. The van der Waals surface area contributed by atoms with Gasteiger partial charge < -0.3 is 0 Å². The maximum atomic E-state index is 4.70. The molecule has 2 aromatic carbocycles. The van der Waals surface area contributed by atoms with E-state index in [0.717, 1.165) is 18.5 Å². The molecule has 0 aliphatic heterocycles. The third-order valence-electron chi connectivity index (χ3n) is 5.14. The minimum Gasteiger partial charge on any atom is -0.299 e. The highest BCUT2D eigenvalue weighted by Gasteiger charge is 2.18. The number of pyridine rings is 1. The summed E-state index contributed by atoms with van der Waals surface area (Å²) in [5.74, 6) is 0. The fourth-order valence-corrected chi connectivity index (χ4v) is 5.41. The maximum Gasteiger partial charge on any atom is 0.146 e. The van der Waals surface area contributed by atoms with Crippen LogP contribution in [0.15, 0.2) is 54.9 Å². The molecule has 0 spiro atoms. The Labute approximate surface area is 142 Å². The largest absolute Gasteiger partial charge is 0.299 e. The van der Waals surface area contributed by atoms with Crippen LogP contribution < -0.4 is 0 Å². The number of benzene rings is 2. The molecule has 0 bridgehead atoms. The lowest BCUT2D eigenvalue weighted by atomic mass is 9.98. The van der Waals surface area contributed by atoms with Crippen molar-refractivity contribution in [3.8, 4) is 0 Å². The summed E-state index contributed by atoms with van der Waals surface area (Å²) in [4.78, 5) is 6.12. The van der Waals surface area contributed by atoms with Gasteiger partial charge in [0.15, 0.2) is 0 Å². The number of allylic oxidation sites excluding steroid dienone is 1. The van der Waals surface area contributed by atoms with E-state index in [-0.39, 0.29) is 0 Å². The minimum absolute atomic E-state index is 1.07. The highest BCUT2D eigenvalue weighted by molar-refractivity contribution is 7.21. The smallest absolute Gasteiger partial charge is 0.146 e. The normalized spacial score (nSPS) is 14.2. The lowest BCUT2D eigenvalue weighted by Gasteiger charge is -2.09. The summed E-state index contributed by atoms with van der Waals surface area (Å²) in [6, 6.07) is 13.2. The number of hydrogen-bond acceptors (Lipinski definition) is 2. The van der Waals surface area contributed by atoms with Crippen molar-refractivity contribution in [2.45, 2.75) is 12.8 Å². The van der Waals surface area contributed by atoms with Crippen LogP contribution in [0.4, 0.5) is 0 Å². The van der Waals surface area contributed by atoms with Gasteiger partial charge in [-0.05, 0) is 41.3 Å². The van der Waals surface area contributed by atoms with E-state index in [2.05, 4.69) is 59.1 Å². The van der Waals surface area contributed by atoms with Gasteiger partial charge in [-0.25, -0.2) is 4.98 Å². The van der Waals surface area contributed by atoms with Crippen LogP contribution in [-0.4, -0.2) is 9.38 Å². The Morgan fingerprint density at radius 1 is 1.00 bits per heavy atom. The van der Waals surface area contributed by atoms with E-state index in [4.69, 9.17) is 4.98 Å². The topological polar surface area (TPSA) is 17.3 Å². The molecule has 1 aliphatic rings. The van der Waals surface area contributed by atoms with E-state index in [1.54, 1.807) is 0 Å². The molecule has 0 fully saturated rings. The van der Waals surface area contributed by atoms with Gasteiger partial charge in [-0.15, -0.1) is 11.3 Å². The number of thiophene rings is 1. The van der Waals surface area contributed by atoms with Crippen LogP contribution >= 0.6 is 11.3 Å². The molecule has 2 nitrogen and oxygen atoms in total. The van der Waals surface area contributed by atoms with Crippen molar-refractivity contribution >= 4 is 54.8 Å². The molecule has 0 atom stereocenters. The third-order valence-corrected chi connectivity index (χ3v) is 6.37. The SMILES string of the molecule is C1=Cc2sc3c(ccc4c5ccccc5n5ccnc5c43)c2CC1. The Hall–Kier alpha value is -2.65. The van der Waals surface area contributed by atoms with Crippen molar-refractivity contribution in [2.75, 3.05) is 0 Å². The number of hydrogen-bond donors (Lipinski definition) is 0. The van der Waals surface area contributed by atoms with Crippen molar-refractivity contribution in [1.82, 2.24) is 9.38 Å². The van der Waals surface area contributed by atoms with Gasteiger partial charge in [0, 0.05) is 32.7 Å². The molecule has 3 aromatic heterocycles. The highest BCUT2D eigenvalue weighted by Crippen LogP contribution is 2.42. The van der Waals surface area contributed by atoms with Gasteiger partial charge in [-0.3, -0.25) is 4.40 Å². The molecule has 0 N–H and O–H groups in total. The predicted molar refractivity (Wildman–Crippen MR) is 103 cm³/mol. The molecular weight excluding hydrogens is 312 g/mol. The molecule has 114 valence electrons. The average Bonchev–Trinajstić information content (AvgIpc) is 3.26. The Kier molecular flexibility index (Phi) is 2.36. The number of aromatic nitrogens is 2. The van der Waals surface area contributed by atoms with Crippen molar-refractivity contribution < 1.29 is 0 Å². The second kappa shape index (κ2) is 4.46. The summed E-state index contributed by atoms with van der Waals surface area (Å²) in [5.41, 5.74) is 3.80. The van der Waals surface area contributed by atoms with Gasteiger partial charge in [-0.1, -0.05) is 36.4 Å². The van der Waals surface area contributed by atoms with Crippen molar-refractivity contribution in [3.63, 3.8) is 0 Å². The molecule has 24 heavy (non-hydrogen) atoms. The van der Waals surface area contributed by atoms with E-state index in [1.807, 2.05) is 17.5 Å². The second-order valence-corrected chi connectivity index (χ2v) is 7.44. The molecular formula is C21H14N2S. The van der Waals surface area contributed by atoms with Crippen LogP contribution in [-0.2, 0) is 6.42 Å². The van der Waals surface area contributed by atoms with Gasteiger partial charge in [0.2, 0.25) is 0 Å². The number of aryl methyl sites for hydroxylation is 1. The van der Waals surface area contributed by atoms with Crippen LogP contribution in [0.5, 0.6) is 0 Å². The van der Waals surface area contributed by atoms with Gasteiger partial charge in [0.1, 0.15) is 5.65 Å². The van der Waals surface area contributed by atoms with E-state index in [9.17, 15) is 0 Å². The van der Waals surface area contributed by atoms with Gasteiger partial charge in [0.25, 0.3) is 0 Å². The molecule has 0 unspecified atom stereocenters. The first-order valence-electron chi connectivity index (χ1n) is 8.30. The zero-order valence-corrected chi connectivity index (χ0v) is 13.8. The Morgan fingerprint density at radius 3 is 2.92 bits per heavy atom. The number of nitrogens with zero attached hydrogens (tertiary/aromatic N) is 2. The first kappa shape index (κ1) is 12.7. The molecule has 5 aromatic rings. The molecule has 3 heterocycles. The van der Waals surface area contributed by atoms with E-state index in [0.29, 0.717) is 0 Å². The Balaban J connectivity index is 1.95. The number of para-hydroxylation sites is 1. The minimum atomic E-state index is 1.07. The first-order valence-corrected chi connectivity index (χ1v) is 9.12. The second-order valence-electron chi connectivity index (χ2n) is 6.39. The molecule has 3 heteroatoms. The number of rotatable bonds is 0. The van der Waals surface area contributed by atoms with Gasteiger partial charge in [0.05, 0.1) is 5.52 Å². The number of fused-ring (bicyclic) bond motifs is 10. The lowest BCUT2D eigenvalue weighted by molar-refractivity contribution is 1.01. The summed E-state index contributed by atoms with van der Waals surface area (Å²) in [7, 11) is 0. The maximum absolute atomic E-state index is 4.70. The summed E-state index contributed by atoms with van der Waals surface area (Å²) in [6.45, 7) is 0. The van der Waals surface area contributed by atoms with E-state index >= 15 is 0 Å². The third kappa shape index (κ3) is 1.48. The summed E-state index contributed by atoms with van der Waals surface area (Å²) < 4.78 is 3.61. The fourth-order valence-electron chi connectivity index (χ4n) is 4.08. The molecule has 0 saturated carbocycles. The average molecular weight is 326 g/mol.